The highest BCUT2D eigenvalue weighted by molar-refractivity contribution is 5.76. The van der Waals surface area contributed by atoms with E-state index in [4.69, 9.17) is 5.73 Å². The van der Waals surface area contributed by atoms with Gasteiger partial charge in [0.1, 0.15) is 0 Å². The Balaban J connectivity index is 2.36. The van der Waals surface area contributed by atoms with Gasteiger partial charge in [-0.05, 0) is 43.6 Å². The molecule has 2 N–H and O–H groups in total. The van der Waals surface area contributed by atoms with Crippen LogP contribution in [0.1, 0.15) is 59.3 Å². The van der Waals surface area contributed by atoms with Gasteiger partial charge in [0.15, 0.2) is 0 Å². The molecule has 1 fully saturated rings. The molecule has 0 spiro atoms. The summed E-state index contributed by atoms with van der Waals surface area (Å²) >= 11 is 0. The lowest BCUT2D eigenvalue weighted by Gasteiger charge is -2.35. The molecule has 0 radical (unpaired) electrons. The predicted octanol–water partition coefficient (Wildman–Crippen LogP) is 3.04. The summed E-state index contributed by atoms with van der Waals surface area (Å²) < 4.78 is 0. The molecule has 0 aromatic carbocycles. The summed E-state index contributed by atoms with van der Waals surface area (Å²) in [6.07, 6.45) is 6.45. The maximum Gasteiger partial charge on any atom is 0.222 e. The van der Waals surface area contributed by atoms with Gasteiger partial charge >= 0.3 is 0 Å². The normalized spacial score (nSPS) is 25.4. The number of piperidine rings is 1. The molecule has 1 saturated heterocycles. The van der Waals surface area contributed by atoms with Crippen molar-refractivity contribution in [2.45, 2.75) is 59.3 Å². The summed E-state index contributed by atoms with van der Waals surface area (Å²) in [6, 6.07) is 0. The van der Waals surface area contributed by atoms with Crippen molar-refractivity contribution in [1.29, 1.82) is 0 Å². The van der Waals surface area contributed by atoms with Crippen LogP contribution in [0, 0.1) is 17.8 Å². The minimum atomic E-state index is 0.358. The summed E-state index contributed by atoms with van der Waals surface area (Å²) in [4.78, 5) is 14.4. The van der Waals surface area contributed by atoms with Crippen LogP contribution in [0.3, 0.4) is 0 Å². The van der Waals surface area contributed by atoms with Gasteiger partial charge in [-0.15, -0.1) is 0 Å². The summed E-state index contributed by atoms with van der Waals surface area (Å²) in [5.74, 6) is 2.31. The van der Waals surface area contributed by atoms with E-state index < -0.39 is 0 Å². The molecule has 19 heavy (non-hydrogen) atoms. The van der Waals surface area contributed by atoms with Crippen LogP contribution >= 0.6 is 0 Å². The molecule has 0 aliphatic carbocycles. The first-order valence-corrected chi connectivity index (χ1v) is 8.04. The summed E-state index contributed by atoms with van der Waals surface area (Å²) in [7, 11) is 0. The maximum atomic E-state index is 12.3. The van der Waals surface area contributed by atoms with E-state index in [0.717, 1.165) is 32.5 Å². The third-order valence-electron chi connectivity index (χ3n) is 4.26. The van der Waals surface area contributed by atoms with Gasteiger partial charge in [-0.2, -0.15) is 0 Å². The smallest absolute Gasteiger partial charge is 0.222 e. The standard InChI is InChI=1S/C16H32N2O/c1-4-5-15(8-9-17)6-7-16(19)18-11-13(2)10-14(3)12-18/h13-15H,4-12,17H2,1-3H3. The molecule has 112 valence electrons. The van der Waals surface area contributed by atoms with Crippen LogP contribution in [0.4, 0.5) is 0 Å². The van der Waals surface area contributed by atoms with E-state index in [1.807, 2.05) is 0 Å². The fourth-order valence-corrected chi connectivity index (χ4v) is 3.43. The van der Waals surface area contributed by atoms with Gasteiger partial charge in [-0.25, -0.2) is 0 Å². The number of hydrogen-bond acceptors (Lipinski definition) is 2. The molecule has 3 unspecified atom stereocenters. The van der Waals surface area contributed by atoms with Gasteiger partial charge < -0.3 is 10.6 Å². The van der Waals surface area contributed by atoms with Crippen LogP contribution in [-0.4, -0.2) is 30.4 Å². The minimum absolute atomic E-state index is 0.358. The van der Waals surface area contributed by atoms with Gasteiger partial charge in [-0.3, -0.25) is 4.79 Å². The molecule has 1 aliphatic heterocycles. The highest BCUT2D eigenvalue weighted by Crippen LogP contribution is 2.23. The fraction of sp³-hybridized carbons (Fsp3) is 0.938. The number of rotatable bonds is 7. The second-order valence-corrected chi connectivity index (χ2v) is 6.52. The topological polar surface area (TPSA) is 46.3 Å². The SMILES string of the molecule is CCCC(CCN)CCC(=O)N1CC(C)CC(C)C1. The van der Waals surface area contributed by atoms with Gasteiger partial charge in [0, 0.05) is 19.5 Å². The highest BCUT2D eigenvalue weighted by Gasteiger charge is 2.25. The van der Waals surface area contributed by atoms with E-state index in [9.17, 15) is 4.79 Å². The van der Waals surface area contributed by atoms with Gasteiger partial charge in [0.25, 0.3) is 0 Å². The monoisotopic (exact) mass is 268 g/mol. The van der Waals surface area contributed by atoms with E-state index >= 15 is 0 Å². The van der Waals surface area contributed by atoms with Crippen molar-refractivity contribution < 1.29 is 4.79 Å². The number of nitrogens with two attached hydrogens (primary N) is 1. The Kier molecular flexibility index (Phi) is 7.44. The Morgan fingerprint density at radius 1 is 1.21 bits per heavy atom. The van der Waals surface area contributed by atoms with Crippen LogP contribution < -0.4 is 5.73 Å². The average molecular weight is 268 g/mol. The molecule has 1 aliphatic rings. The molecular formula is C16H32N2O. The number of amides is 1. The maximum absolute atomic E-state index is 12.3. The number of nitrogens with zero attached hydrogens (tertiary/aromatic N) is 1. The lowest BCUT2D eigenvalue weighted by atomic mass is 9.90. The molecule has 3 atom stereocenters. The van der Waals surface area contributed by atoms with Crippen molar-refractivity contribution in [2.75, 3.05) is 19.6 Å². The summed E-state index contributed by atoms with van der Waals surface area (Å²) in [6.45, 7) is 9.38. The predicted molar refractivity (Wildman–Crippen MR) is 80.8 cm³/mol. The zero-order chi connectivity index (χ0) is 14.3. The van der Waals surface area contributed by atoms with Gasteiger partial charge in [0.2, 0.25) is 5.91 Å². The van der Waals surface area contributed by atoms with Crippen LogP contribution in [-0.2, 0) is 4.79 Å². The largest absolute Gasteiger partial charge is 0.342 e. The van der Waals surface area contributed by atoms with E-state index in [1.54, 1.807) is 0 Å². The Morgan fingerprint density at radius 3 is 2.37 bits per heavy atom. The Hall–Kier alpha value is -0.570. The van der Waals surface area contributed by atoms with Crippen LogP contribution in [0.5, 0.6) is 0 Å². The molecule has 1 rings (SSSR count). The Morgan fingerprint density at radius 2 is 1.84 bits per heavy atom. The molecule has 3 heteroatoms. The Bertz CT molecular complexity index is 251. The van der Waals surface area contributed by atoms with Crippen LogP contribution in [0.2, 0.25) is 0 Å². The third kappa shape index (κ3) is 5.94. The number of carbonyl (C=O) groups is 1. The number of carbonyl (C=O) groups excluding carboxylic acids is 1. The van der Waals surface area contributed by atoms with Crippen molar-refractivity contribution in [1.82, 2.24) is 4.90 Å². The lowest BCUT2D eigenvalue weighted by Crippen LogP contribution is -2.42. The second kappa shape index (κ2) is 8.57. The molecule has 0 aromatic heterocycles. The fourth-order valence-electron chi connectivity index (χ4n) is 3.43. The van der Waals surface area contributed by atoms with Crippen molar-refractivity contribution in [3.05, 3.63) is 0 Å². The summed E-state index contributed by atoms with van der Waals surface area (Å²) in [5.41, 5.74) is 5.65. The van der Waals surface area contributed by atoms with E-state index in [2.05, 4.69) is 25.7 Å². The zero-order valence-electron chi connectivity index (χ0n) is 13.0. The molecule has 3 nitrogen and oxygen atoms in total. The van der Waals surface area contributed by atoms with Crippen LogP contribution in [0.25, 0.3) is 0 Å². The van der Waals surface area contributed by atoms with Gasteiger partial charge in [-0.1, -0.05) is 33.6 Å². The zero-order valence-corrected chi connectivity index (χ0v) is 13.0. The van der Waals surface area contributed by atoms with E-state index in [1.165, 1.54) is 19.3 Å². The highest BCUT2D eigenvalue weighted by atomic mass is 16.2. The lowest BCUT2D eigenvalue weighted by molar-refractivity contribution is -0.134. The Labute approximate surface area is 118 Å². The number of hydrogen-bond donors (Lipinski definition) is 1. The number of likely N-dealkylation sites (tertiary alicyclic amines) is 1. The molecule has 0 aromatic rings. The van der Waals surface area contributed by atoms with Crippen molar-refractivity contribution in [3.8, 4) is 0 Å². The third-order valence-corrected chi connectivity index (χ3v) is 4.26. The first-order chi connectivity index (χ1) is 9.06. The minimum Gasteiger partial charge on any atom is -0.342 e. The summed E-state index contributed by atoms with van der Waals surface area (Å²) in [5, 5.41) is 0. The average Bonchev–Trinajstić information content (AvgIpc) is 2.35. The second-order valence-electron chi connectivity index (χ2n) is 6.52. The molecular weight excluding hydrogens is 236 g/mol. The molecule has 1 amide bonds. The van der Waals surface area contributed by atoms with Crippen molar-refractivity contribution in [2.24, 2.45) is 23.5 Å². The quantitative estimate of drug-likeness (QED) is 0.771. The van der Waals surface area contributed by atoms with E-state index in [0.29, 0.717) is 30.1 Å². The first-order valence-electron chi connectivity index (χ1n) is 8.04. The molecule has 0 bridgehead atoms. The van der Waals surface area contributed by atoms with E-state index in [-0.39, 0.29) is 0 Å². The van der Waals surface area contributed by atoms with Crippen molar-refractivity contribution >= 4 is 5.91 Å². The van der Waals surface area contributed by atoms with Crippen LogP contribution in [0.15, 0.2) is 0 Å². The molecule has 1 heterocycles. The van der Waals surface area contributed by atoms with Gasteiger partial charge in [0.05, 0.1) is 0 Å². The van der Waals surface area contributed by atoms with Crippen molar-refractivity contribution in [3.63, 3.8) is 0 Å². The first kappa shape index (κ1) is 16.5. The molecule has 0 saturated carbocycles.